The van der Waals surface area contributed by atoms with E-state index in [1.807, 2.05) is 0 Å². The Morgan fingerprint density at radius 1 is 1.18 bits per heavy atom. The van der Waals surface area contributed by atoms with Crippen molar-refractivity contribution in [2.75, 3.05) is 0 Å². The van der Waals surface area contributed by atoms with Crippen molar-refractivity contribution in [1.29, 1.82) is 0 Å². The van der Waals surface area contributed by atoms with Crippen LogP contribution in [0.4, 0.5) is 13.2 Å². The van der Waals surface area contributed by atoms with Gasteiger partial charge in [0.15, 0.2) is 11.6 Å². The Kier molecular flexibility index (Phi) is 2.13. The van der Waals surface area contributed by atoms with E-state index in [9.17, 15) is 13.2 Å². The molecule has 0 saturated carbocycles. The number of rotatable bonds is 0. The van der Waals surface area contributed by atoms with Crippen LogP contribution >= 0.6 is 12.6 Å². The zero-order valence-corrected chi connectivity index (χ0v) is 6.55. The maximum absolute atomic E-state index is 12.6. The molecule has 0 spiro atoms. The summed E-state index contributed by atoms with van der Waals surface area (Å²) in [6, 6.07) is 0.844. The maximum atomic E-state index is 12.6. The Morgan fingerprint density at radius 2 is 1.73 bits per heavy atom. The molecule has 0 heterocycles. The summed E-state index contributed by atoms with van der Waals surface area (Å²) >= 11 is 3.53. The van der Waals surface area contributed by atoms with Gasteiger partial charge in [-0.1, -0.05) is 0 Å². The summed E-state index contributed by atoms with van der Waals surface area (Å²) in [7, 11) is 0. The van der Waals surface area contributed by atoms with Crippen LogP contribution in [0.2, 0.25) is 0 Å². The second-order valence-electron chi connectivity index (χ2n) is 2.13. The molecule has 1 rings (SSSR count). The van der Waals surface area contributed by atoms with Crippen LogP contribution in [0.25, 0.3) is 0 Å². The maximum Gasteiger partial charge on any atom is 0.172 e. The molecule has 0 bridgehead atoms. The van der Waals surface area contributed by atoms with Gasteiger partial charge < -0.3 is 0 Å². The van der Waals surface area contributed by atoms with Crippen LogP contribution in [-0.2, 0) is 0 Å². The predicted octanol–water partition coefficient (Wildman–Crippen LogP) is 2.70. The number of hydrogen-bond acceptors (Lipinski definition) is 1. The predicted molar refractivity (Wildman–Crippen MR) is 38.3 cm³/mol. The second kappa shape index (κ2) is 2.77. The highest BCUT2D eigenvalue weighted by molar-refractivity contribution is 7.80. The Bertz CT molecular complexity index is 270. The first-order valence-corrected chi connectivity index (χ1v) is 3.32. The van der Waals surface area contributed by atoms with Gasteiger partial charge in [-0.05, 0) is 13.0 Å². The van der Waals surface area contributed by atoms with E-state index in [-0.39, 0.29) is 10.5 Å². The molecule has 11 heavy (non-hydrogen) atoms. The standard InChI is InChI=1S/C7H5F3S/c1-3-4(8)2-5(11)7(10)6(3)9/h2,11H,1H3. The zero-order valence-electron chi connectivity index (χ0n) is 5.66. The van der Waals surface area contributed by atoms with E-state index in [0.29, 0.717) is 0 Å². The van der Waals surface area contributed by atoms with Crippen molar-refractivity contribution in [3.63, 3.8) is 0 Å². The summed E-state index contributed by atoms with van der Waals surface area (Å²) in [6.45, 7) is 1.17. The van der Waals surface area contributed by atoms with Crippen molar-refractivity contribution >= 4 is 12.6 Å². The molecule has 0 atom stereocenters. The van der Waals surface area contributed by atoms with Gasteiger partial charge >= 0.3 is 0 Å². The molecule has 0 unspecified atom stereocenters. The van der Waals surface area contributed by atoms with E-state index < -0.39 is 17.5 Å². The van der Waals surface area contributed by atoms with E-state index in [0.717, 1.165) is 6.07 Å². The summed E-state index contributed by atoms with van der Waals surface area (Å²) < 4.78 is 37.7. The first kappa shape index (κ1) is 8.46. The topological polar surface area (TPSA) is 0 Å². The molecule has 1 aromatic carbocycles. The van der Waals surface area contributed by atoms with Crippen LogP contribution in [0.3, 0.4) is 0 Å². The third kappa shape index (κ3) is 1.35. The van der Waals surface area contributed by atoms with Crippen LogP contribution in [0.15, 0.2) is 11.0 Å². The normalized spacial score (nSPS) is 10.3. The van der Waals surface area contributed by atoms with E-state index in [1.54, 1.807) is 0 Å². The lowest BCUT2D eigenvalue weighted by molar-refractivity contribution is 0.469. The van der Waals surface area contributed by atoms with E-state index >= 15 is 0 Å². The number of hydrogen-bond donors (Lipinski definition) is 1. The molecule has 0 saturated heterocycles. The molecule has 0 nitrogen and oxygen atoms in total. The van der Waals surface area contributed by atoms with E-state index in [2.05, 4.69) is 12.6 Å². The molecule has 1 aromatic rings. The lowest BCUT2D eigenvalue weighted by Crippen LogP contribution is -1.94. The summed E-state index contributed by atoms with van der Waals surface area (Å²) in [5.74, 6) is -3.06. The average Bonchev–Trinajstić information content (AvgIpc) is 1.97. The molecule has 0 aromatic heterocycles. The van der Waals surface area contributed by atoms with Crippen LogP contribution in [0, 0.1) is 24.4 Å². The van der Waals surface area contributed by atoms with E-state index in [1.165, 1.54) is 6.92 Å². The smallest absolute Gasteiger partial charge is 0.172 e. The van der Waals surface area contributed by atoms with Crippen LogP contribution in [-0.4, -0.2) is 0 Å². The molecular weight excluding hydrogens is 173 g/mol. The monoisotopic (exact) mass is 178 g/mol. The highest BCUT2D eigenvalue weighted by Gasteiger charge is 2.12. The van der Waals surface area contributed by atoms with Crippen molar-refractivity contribution in [3.8, 4) is 0 Å². The number of thiol groups is 1. The third-order valence-electron chi connectivity index (χ3n) is 1.37. The highest BCUT2D eigenvalue weighted by Crippen LogP contribution is 2.21. The van der Waals surface area contributed by atoms with Crippen LogP contribution in [0.5, 0.6) is 0 Å². The van der Waals surface area contributed by atoms with Gasteiger partial charge in [0.2, 0.25) is 0 Å². The fourth-order valence-corrected chi connectivity index (χ4v) is 0.885. The van der Waals surface area contributed by atoms with Crippen LogP contribution in [0.1, 0.15) is 5.56 Å². The molecule has 0 fully saturated rings. The fraction of sp³-hybridized carbons (Fsp3) is 0.143. The molecule has 0 radical (unpaired) electrons. The molecule has 0 amide bonds. The van der Waals surface area contributed by atoms with Gasteiger partial charge in [0, 0.05) is 10.5 Å². The number of halogens is 3. The summed E-state index contributed by atoms with van der Waals surface area (Å²) in [5, 5.41) is 0. The summed E-state index contributed by atoms with van der Waals surface area (Å²) in [4.78, 5) is -0.314. The third-order valence-corrected chi connectivity index (χ3v) is 1.69. The van der Waals surface area contributed by atoms with Gasteiger partial charge in [0.05, 0.1) is 0 Å². The van der Waals surface area contributed by atoms with Crippen molar-refractivity contribution in [2.45, 2.75) is 11.8 Å². The fourth-order valence-electron chi connectivity index (χ4n) is 0.674. The van der Waals surface area contributed by atoms with Gasteiger partial charge in [0.25, 0.3) is 0 Å². The minimum atomic E-state index is -1.17. The van der Waals surface area contributed by atoms with Gasteiger partial charge in [-0.3, -0.25) is 0 Å². The lowest BCUT2D eigenvalue weighted by atomic mass is 10.2. The molecular formula is C7H5F3S. The second-order valence-corrected chi connectivity index (χ2v) is 2.61. The molecule has 0 N–H and O–H groups in total. The molecule has 60 valence electrons. The number of benzene rings is 1. The zero-order chi connectivity index (χ0) is 8.59. The van der Waals surface area contributed by atoms with E-state index in [4.69, 9.17) is 0 Å². The Morgan fingerprint density at radius 3 is 2.27 bits per heavy atom. The van der Waals surface area contributed by atoms with Crippen molar-refractivity contribution in [2.24, 2.45) is 0 Å². The van der Waals surface area contributed by atoms with Crippen LogP contribution < -0.4 is 0 Å². The van der Waals surface area contributed by atoms with Gasteiger partial charge in [-0.15, -0.1) is 12.6 Å². The average molecular weight is 178 g/mol. The quantitative estimate of drug-likeness (QED) is 0.458. The molecule has 0 aliphatic heterocycles. The summed E-state index contributed by atoms with van der Waals surface area (Å²) in [5.41, 5.74) is -0.319. The Hall–Kier alpha value is -0.640. The van der Waals surface area contributed by atoms with Gasteiger partial charge in [-0.25, -0.2) is 13.2 Å². The summed E-state index contributed by atoms with van der Waals surface area (Å²) in [6.07, 6.45) is 0. The Balaban J connectivity index is 3.46. The van der Waals surface area contributed by atoms with Crippen molar-refractivity contribution < 1.29 is 13.2 Å². The lowest BCUT2D eigenvalue weighted by Gasteiger charge is -2.01. The first-order chi connectivity index (χ1) is 5.04. The SMILES string of the molecule is Cc1c(F)cc(S)c(F)c1F. The molecule has 4 heteroatoms. The minimum Gasteiger partial charge on any atom is -0.207 e. The molecule has 0 aliphatic carbocycles. The Labute approximate surface area is 67.4 Å². The van der Waals surface area contributed by atoms with Crippen molar-refractivity contribution in [1.82, 2.24) is 0 Å². The van der Waals surface area contributed by atoms with Gasteiger partial charge in [-0.2, -0.15) is 0 Å². The van der Waals surface area contributed by atoms with Crippen molar-refractivity contribution in [3.05, 3.63) is 29.1 Å². The van der Waals surface area contributed by atoms with Gasteiger partial charge in [0.1, 0.15) is 5.82 Å². The first-order valence-electron chi connectivity index (χ1n) is 2.87. The minimum absolute atomic E-state index is 0.314. The largest absolute Gasteiger partial charge is 0.207 e. The molecule has 0 aliphatic rings. The highest BCUT2D eigenvalue weighted by atomic mass is 32.1.